The van der Waals surface area contributed by atoms with E-state index in [1.165, 1.54) is 17.1 Å². The molecule has 20 heavy (non-hydrogen) atoms. The van der Waals surface area contributed by atoms with Gasteiger partial charge in [0, 0.05) is 6.20 Å². The van der Waals surface area contributed by atoms with Crippen LogP contribution in [0.2, 0.25) is 0 Å². The maximum absolute atomic E-state index is 14.0. The third-order valence-electron chi connectivity index (χ3n) is 3.58. The molecule has 2 unspecified atom stereocenters. The second-order valence-electron chi connectivity index (χ2n) is 4.75. The molecule has 1 aliphatic rings. The first-order valence-corrected chi connectivity index (χ1v) is 6.13. The molecule has 2 atom stereocenters. The highest BCUT2D eigenvalue weighted by Gasteiger charge is 2.39. The SMILES string of the molecule is C#CC1(CO)CCC(n2cc(F)c3c(N)ncnc32)O1. The molecule has 1 aliphatic heterocycles. The molecule has 1 saturated heterocycles. The average molecular weight is 276 g/mol. The number of nitrogens with zero attached hydrogens (tertiary/aromatic N) is 3. The molecule has 104 valence electrons. The number of hydrogen-bond donors (Lipinski definition) is 2. The Hall–Kier alpha value is -2.17. The molecule has 3 N–H and O–H groups in total. The van der Waals surface area contributed by atoms with Crippen LogP contribution in [0.3, 0.4) is 0 Å². The maximum Gasteiger partial charge on any atom is 0.154 e. The van der Waals surface area contributed by atoms with Gasteiger partial charge in [0.25, 0.3) is 0 Å². The lowest BCUT2D eigenvalue weighted by atomic mass is 10.0. The zero-order chi connectivity index (χ0) is 14.3. The predicted octanol–water partition coefficient (Wildman–Crippen LogP) is 0.826. The van der Waals surface area contributed by atoms with Gasteiger partial charge < -0.3 is 20.1 Å². The minimum atomic E-state index is -1.02. The molecule has 0 spiro atoms. The number of hydrogen-bond acceptors (Lipinski definition) is 5. The van der Waals surface area contributed by atoms with Crippen LogP contribution in [-0.2, 0) is 4.74 Å². The number of anilines is 1. The van der Waals surface area contributed by atoms with Crippen molar-refractivity contribution in [3.05, 3.63) is 18.3 Å². The highest BCUT2D eigenvalue weighted by Crippen LogP contribution is 2.38. The Labute approximate surface area is 114 Å². The lowest BCUT2D eigenvalue weighted by molar-refractivity contribution is -0.0617. The third kappa shape index (κ3) is 1.73. The summed E-state index contributed by atoms with van der Waals surface area (Å²) in [5, 5.41) is 9.51. The Morgan fingerprint density at radius 3 is 3.10 bits per heavy atom. The lowest BCUT2D eigenvalue weighted by Crippen LogP contribution is -2.31. The minimum absolute atomic E-state index is 0.0784. The first-order valence-electron chi connectivity index (χ1n) is 6.13. The van der Waals surface area contributed by atoms with E-state index < -0.39 is 17.6 Å². The van der Waals surface area contributed by atoms with Crippen molar-refractivity contribution in [2.45, 2.75) is 24.7 Å². The molecule has 0 radical (unpaired) electrons. The summed E-state index contributed by atoms with van der Waals surface area (Å²) < 4.78 is 21.2. The second kappa shape index (κ2) is 4.44. The van der Waals surface area contributed by atoms with E-state index in [9.17, 15) is 9.50 Å². The molecule has 0 aliphatic carbocycles. The Morgan fingerprint density at radius 2 is 2.45 bits per heavy atom. The van der Waals surface area contributed by atoms with Gasteiger partial charge in [0.2, 0.25) is 0 Å². The van der Waals surface area contributed by atoms with Crippen molar-refractivity contribution in [2.75, 3.05) is 12.3 Å². The van der Waals surface area contributed by atoms with Crippen LogP contribution in [0.15, 0.2) is 12.5 Å². The number of nitrogens with two attached hydrogens (primary N) is 1. The van der Waals surface area contributed by atoms with Crippen LogP contribution in [-0.4, -0.2) is 31.8 Å². The first kappa shape index (κ1) is 12.8. The van der Waals surface area contributed by atoms with Crippen molar-refractivity contribution < 1.29 is 14.2 Å². The van der Waals surface area contributed by atoms with Crippen LogP contribution in [0.4, 0.5) is 10.2 Å². The number of aliphatic hydroxyl groups excluding tert-OH is 1. The Kier molecular flexibility index (Phi) is 2.85. The summed E-state index contributed by atoms with van der Waals surface area (Å²) in [5.41, 5.74) is 4.99. The van der Waals surface area contributed by atoms with Gasteiger partial charge in [0.05, 0.1) is 12.0 Å². The summed E-state index contributed by atoms with van der Waals surface area (Å²) >= 11 is 0. The van der Waals surface area contributed by atoms with Crippen LogP contribution in [0.25, 0.3) is 11.0 Å². The van der Waals surface area contributed by atoms with Crippen molar-refractivity contribution in [3.8, 4) is 12.3 Å². The Morgan fingerprint density at radius 1 is 1.65 bits per heavy atom. The topological polar surface area (TPSA) is 86.2 Å². The number of aromatic nitrogens is 3. The molecule has 0 bridgehead atoms. The summed E-state index contributed by atoms with van der Waals surface area (Å²) in [6.07, 6.45) is 8.49. The smallest absolute Gasteiger partial charge is 0.154 e. The standard InChI is InChI=1S/C13H13FN4O2/c1-2-13(6-19)4-3-9(20-13)18-5-8(14)10-11(15)16-7-17-12(10)18/h1,5,7,9,19H,3-4,6H2,(H2,15,16,17). The van der Waals surface area contributed by atoms with E-state index in [1.54, 1.807) is 0 Å². The molecule has 7 heteroatoms. The fraction of sp³-hybridized carbons (Fsp3) is 0.385. The lowest BCUT2D eigenvalue weighted by Gasteiger charge is -2.21. The van der Waals surface area contributed by atoms with E-state index in [0.717, 1.165) is 0 Å². The summed E-state index contributed by atoms with van der Waals surface area (Å²) in [6.45, 7) is -0.279. The van der Waals surface area contributed by atoms with Crippen molar-refractivity contribution in [1.29, 1.82) is 0 Å². The average Bonchev–Trinajstić information content (AvgIpc) is 3.02. The number of halogens is 1. The normalized spacial score (nSPS) is 25.9. The van der Waals surface area contributed by atoms with Crippen LogP contribution >= 0.6 is 0 Å². The van der Waals surface area contributed by atoms with Crippen LogP contribution in [0.5, 0.6) is 0 Å². The molecule has 3 rings (SSSR count). The summed E-state index contributed by atoms with van der Waals surface area (Å²) in [7, 11) is 0. The van der Waals surface area contributed by atoms with Crippen molar-refractivity contribution in [3.63, 3.8) is 0 Å². The van der Waals surface area contributed by atoms with E-state index in [-0.39, 0.29) is 17.8 Å². The maximum atomic E-state index is 14.0. The monoisotopic (exact) mass is 276 g/mol. The molecule has 2 aromatic rings. The molecule has 6 nitrogen and oxygen atoms in total. The minimum Gasteiger partial charge on any atom is -0.392 e. The number of ether oxygens (including phenoxy) is 1. The highest BCUT2D eigenvalue weighted by molar-refractivity contribution is 5.86. The van der Waals surface area contributed by atoms with Gasteiger partial charge in [-0.05, 0) is 12.8 Å². The van der Waals surface area contributed by atoms with E-state index in [4.69, 9.17) is 16.9 Å². The van der Waals surface area contributed by atoms with Gasteiger partial charge in [-0.3, -0.25) is 0 Å². The van der Waals surface area contributed by atoms with E-state index in [0.29, 0.717) is 18.5 Å². The van der Waals surface area contributed by atoms with Crippen LogP contribution < -0.4 is 5.73 Å². The van der Waals surface area contributed by atoms with Crippen LogP contribution in [0, 0.1) is 18.2 Å². The van der Waals surface area contributed by atoms with Crippen molar-refractivity contribution in [1.82, 2.24) is 14.5 Å². The molecule has 1 fully saturated rings. The number of nitrogen functional groups attached to an aromatic ring is 1. The van der Waals surface area contributed by atoms with E-state index in [1.807, 2.05) is 0 Å². The van der Waals surface area contributed by atoms with Gasteiger partial charge in [0.15, 0.2) is 17.1 Å². The number of aliphatic hydroxyl groups is 1. The fourth-order valence-electron chi connectivity index (χ4n) is 2.48. The number of fused-ring (bicyclic) bond motifs is 1. The van der Waals surface area contributed by atoms with Crippen molar-refractivity contribution >= 4 is 16.9 Å². The third-order valence-corrected chi connectivity index (χ3v) is 3.58. The quantitative estimate of drug-likeness (QED) is 0.793. The predicted molar refractivity (Wildman–Crippen MR) is 69.9 cm³/mol. The van der Waals surface area contributed by atoms with Gasteiger partial charge in [0.1, 0.15) is 18.4 Å². The Bertz CT molecular complexity index is 708. The van der Waals surface area contributed by atoms with Crippen LogP contribution in [0.1, 0.15) is 19.1 Å². The molecule has 0 saturated carbocycles. The van der Waals surface area contributed by atoms with Gasteiger partial charge in [-0.2, -0.15) is 0 Å². The van der Waals surface area contributed by atoms with Gasteiger partial charge in [-0.1, -0.05) is 5.92 Å². The summed E-state index contributed by atoms with van der Waals surface area (Å²) in [6, 6.07) is 0. The molecule has 3 heterocycles. The molecular formula is C13H13FN4O2. The van der Waals surface area contributed by atoms with Crippen molar-refractivity contribution in [2.24, 2.45) is 0 Å². The highest BCUT2D eigenvalue weighted by atomic mass is 19.1. The summed E-state index contributed by atoms with van der Waals surface area (Å²) in [5.74, 6) is 2.02. The fourth-order valence-corrected chi connectivity index (χ4v) is 2.48. The summed E-state index contributed by atoms with van der Waals surface area (Å²) in [4.78, 5) is 7.81. The van der Waals surface area contributed by atoms with Gasteiger partial charge in [-0.25, -0.2) is 14.4 Å². The van der Waals surface area contributed by atoms with Gasteiger partial charge in [-0.15, -0.1) is 6.42 Å². The van der Waals surface area contributed by atoms with E-state index >= 15 is 0 Å². The number of rotatable bonds is 2. The number of terminal acetylenes is 1. The molecule has 0 aromatic carbocycles. The zero-order valence-corrected chi connectivity index (χ0v) is 10.6. The Balaban J connectivity index is 2.05. The largest absolute Gasteiger partial charge is 0.392 e. The van der Waals surface area contributed by atoms with Gasteiger partial charge >= 0.3 is 0 Å². The molecule has 2 aromatic heterocycles. The molecular weight excluding hydrogens is 263 g/mol. The first-order chi connectivity index (χ1) is 9.60. The second-order valence-corrected chi connectivity index (χ2v) is 4.75. The van der Waals surface area contributed by atoms with E-state index in [2.05, 4.69) is 15.9 Å². The molecule has 0 amide bonds. The zero-order valence-electron chi connectivity index (χ0n) is 10.6.